The first kappa shape index (κ1) is 15.5. The highest BCUT2D eigenvalue weighted by Gasteiger charge is 2.33. The molecule has 1 unspecified atom stereocenters. The van der Waals surface area contributed by atoms with Crippen molar-refractivity contribution < 1.29 is 9.53 Å². The zero-order valence-electron chi connectivity index (χ0n) is 13.0. The normalized spacial score (nSPS) is 17.4. The molecular formula is C17H19IN2O2. The van der Waals surface area contributed by atoms with Gasteiger partial charge in [0.15, 0.2) is 0 Å². The molecular weight excluding hydrogens is 391 g/mol. The summed E-state index contributed by atoms with van der Waals surface area (Å²) in [4.78, 5) is 12.3. The summed E-state index contributed by atoms with van der Waals surface area (Å²) in [5, 5.41) is 4.57. The number of rotatable bonds is 1. The van der Waals surface area contributed by atoms with Crippen molar-refractivity contribution in [3.63, 3.8) is 0 Å². The Morgan fingerprint density at radius 1 is 1.32 bits per heavy atom. The van der Waals surface area contributed by atoms with E-state index in [1.807, 2.05) is 39.0 Å². The van der Waals surface area contributed by atoms with Crippen molar-refractivity contribution in [1.82, 2.24) is 9.78 Å². The number of halogens is 1. The van der Waals surface area contributed by atoms with Crippen LogP contribution in [0.1, 0.15) is 49.9 Å². The topological polar surface area (TPSA) is 44.1 Å². The maximum Gasteiger partial charge on any atom is 0.436 e. The van der Waals surface area contributed by atoms with Crippen molar-refractivity contribution in [1.29, 1.82) is 0 Å². The van der Waals surface area contributed by atoms with E-state index in [-0.39, 0.29) is 5.92 Å². The Balaban J connectivity index is 1.94. The lowest BCUT2D eigenvalue weighted by Gasteiger charge is -2.19. The molecule has 0 bridgehead atoms. The van der Waals surface area contributed by atoms with E-state index in [4.69, 9.17) is 4.74 Å². The zero-order valence-corrected chi connectivity index (χ0v) is 15.1. The van der Waals surface area contributed by atoms with Gasteiger partial charge in [-0.3, -0.25) is 0 Å². The summed E-state index contributed by atoms with van der Waals surface area (Å²) in [5.74, 6) is 0.272. The van der Waals surface area contributed by atoms with Crippen molar-refractivity contribution in [2.45, 2.75) is 45.1 Å². The average molecular weight is 410 g/mol. The first-order valence-electron chi connectivity index (χ1n) is 7.42. The molecule has 3 rings (SSSR count). The van der Waals surface area contributed by atoms with Crippen molar-refractivity contribution in [3.05, 3.63) is 50.9 Å². The van der Waals surface area contributed by atoms with Gasteiger partial charge < -0.3 is 4.74 Å². The van der Waals surface area contributed by atoms with Crippen molar-refractivity contribution >= 4 is 28.7 Å². The summed E-state index contributed by atoms with van der Waals surface area (Å²) < 4.78 is 7.72. The summed E-state index contributed by atoms with van der Waals surface area (Å²) >= 11 is 2.20. The van der Waals surface area contributed by atoms with Crippen LogP contribution in [0.4, 0.5) is 4.79 Å². The molecule has 0 radical (unpaired) electrons. The standard InChI is InChI=1S/C17H19IN2O2/c1-17(2,3)22-16(21)20-15(18)13-10-9-12(14(13)19-20)11-7-5-4-6-8-11/h4-8,12H,9-10H2,1-3H3. The van der Waals surface area contributed by atoms with Gasteiger partial charge in [0, 0.05) is 11.5 Å². The molecule has 0 spiro atoms. The number of hydrogen-bond donors (Lipinski definition) is 0. The fourth-order valence-corrected chi connectivity index (χ4v) is 3.67. The minimum atomic E-state index is -0.518. The van der Waals surface area contributed by atoms with Gasteiger partial charge in [-0.2, -0.15) is 9.78 Å². The molecule has 1 aromatic carbocycles. The Labute approximate surface area is 144 Å². The fraction of sp³-hybridized carbons (Fsp3) is 0.412. The minimum absolute atomic E-state index is 0.272. The van der Waals surface area contributed by atoms with Crippen molar-refractivity contribution in [2.75, 3.05) is 0 Å². The van der Waals surface area contributed by atoms with Gasteiger partial charge in [-0.05, 0) is 61.8 Å². The summed E-state index contributed by atoms with van der Waals surface area (Å²) in [7, 11) is 0. The summed E-state index contributed by atoms with van der Waals surface area (Å²) in [6.45, 7) is 5.59. The molecule has 0 saturated carbocycles. The minimum Gasteiger partial charge on any atom is -0.442 e. The van der Waals surface area contributed by atoms with E-state index in [1.165, 1.54) is 15.8 Å². The molecule has 22 heavy (non-hydrogen) atoms. The molecule has 1 aromatic heterocycles. The van der Waals surface area contributed by atoms with Gasteiger partial charge in [0.25, 0.3) is 0 Å². The predicted octanol–water partition coefficient (Wildman–Crippen LogP) is 4.35. The number of fused-ring (bicyclic) bond motifs is 1. The highest BCUT2D eigenvalue weighted by molar-refractivity contribution is 14.1. The quantitative estimate of drug-likeness (QED) is 0.657. The van der Waals surface area contributed by atoms with Crippen LogP contribution in [0, 0.1) is 3.70 Å². The monoisotopic (exact) mass is 410 g/mol. The zero-order chi connectivity index (χ0) is 15.9. The van der Waals surface area contributed by atoms with Crippen LogP contribution >= 0.6 is 22.6 Å². The molecule has 1 aliphatic rings. The Bertz CT molecular complexity index is 701. The van der Waals surface area contributed by atoms with Crippen LogP contribution in [0.2, 0.25) is 0 Å². The lowest BCUT2D eigenvalue weighted by atomic mass is 9.97. The van der Waals surface area contributed by atoms with E-state index in [2.05, 4.69) is 39.8 Å². The van der Waals surface area contributed by atoms with E-state index < -0.39 is 11.7 Å². The van der Waals surface area contributed by atoms with Gasteiger partial charge >= 0.3 is 6.09 Å². The average Bonchev–Trinajstić information content (AvgIpc) is 2.99. The van der Waals surface area contributed by atoms with Crippen LogP contribution in [0.5, 0.6) is 0 Å². The second kappa shape index (κ2) is 5.68. The van der Waals surface area contributed by atoms with Crippen LogP contribution in [0.3, 0.4) is 0 Å². The smallest absolute Gasteiger partial charge is 0.436 e. The molecule has 0 amide bonds. The first-order chi connectivity index (χ1) is 10.4. The van der Waals surface area contributed by atoms with Crippen molar-refractivity contribution in [2.24, 2.45) is 0 Å². The third-order valence-corrected chi connectivity index (χ3v) is 4.84. The molecule has 0 aliphatic heterocycles. The first-order valence-corrected chi connectivity index (χ1v) is 8.50. The van der Waals surface area contributed by atoms with Gasteiger partial charge in [-0.1, -0.05) is 30.3 Å². The molecule has 0 saturated heterocycles. The highest BCUT2D eigenvalue weighted by atomic mass is 127. The molecule has 2 aromatic rings. The molecule has 4 nitrogen and oxygen atoms in total. The van der Waals surface area contributed by atoms with Crippen LogP contribution in [-0.2, 0) is 11.2 Å². The second-order valence-electron chi connectivity index (χ2n) is 6.55. The Morgan fingerprint density at radius 2 is 2.00 bits per heavy atom. The Hall–Kier alpha value is -1.37. The lowest BCUT2D eigenvalue weighted by Crippen LogP contribution is -2.28. The molecule has 1 aliphatic carbocycles. The predicted molar refractivity (Wildman–Crippen MR) is 93.2 cm³/mol. The van der Waals surface area contributed by atoms with E-state index in [9.17, 15) is 4.79 Å². The van der Waals surface area contributed by atoms with Crippen molar-refractivity contribution in [3.8, 4) is 0 Å². The van der Waals surface area contributed by atoms with E-state index >= 15 is 0 Å². The van der Waals surface area contributed by atoms with Crippen LogP contribution < -0.4 is 0 Å². The number of carbonyl (C=O) groups excluding carboxylic acids is 1. The van der Waals surface area contributed by atoms with Crippen LogP contribution in [0.25, 0.3) is 0 Å². The molecule has 116 valence electrons. The van der Waals surface area contributed by atoms with Gasteiger partial charge in [0.1, 0.15) is 9.30 Å². The van der Waals surface area contributed by atoms with E-state index in [0.717, 1.165) is 22.2 Å². The van der Waals surface area contributed by atoms with Gasteiger partial charge in [-0.15, -0.1) is 0 Å². The fourth-order valence-electron chi connectivity index (χ4n) is 2.82. The largest absolute Gasteiger partial charge is 0.442 e. The molecule has 0 fully saturated rings. The van der Waals surface area contributed by atoms with Crippen LogP contribution in [0.15, 0.2) is 30.3 Å². The van der Waals surface area contributed by atoms with Gasteiger partial charge in [0.05, 0.1) is 5.69 Å². The summed E-state index contributed by atoms with van der Waals surface area (Å²) in [6, 6.07) is 10.4. The number of hydrogen-bond acceptors (Lipinski definition) is 3. The third kappa shape index (κ3) is 2.91. The summed E-state index contributed by atoms with van der Waals surface area (Å²) in [6.07, 6.45) is 1.60. The second-order valence-corrected chi connectivity index (χ2v) is 7.57. The number of benzene rings is 1. The van der Waals surface area contributed by atoms with Crippen LogP contribution in [-0.4, -0.2) is 21.5 Å². The molecule has 5 heteroatoms. The number of ether oxygens (including phenoxy) is 1. The number of carbonyl (C=O) groups is 1. The maximum absolute atomic E-state index is 12.3. The SMILES string of the molecule is CC(C)(C)OC(=O)n1nc2c(c1I)CCC2c1ccccc1. The lowest BCUT2D eigenvalue weighted by molar-refractivity contribution is 0.0508. The van der Waals surface area contributed by atoms with E-state index in [1.54, 1.807) is 0 Å². The summed E-state index contributed by atoms with van der Waals surface area (Å²) in [5.41, 5.74) is 2.93. The van der Waals surface area contributed by atoms with Gasteiger partial charge in [-0.25, -0.2) is 4.79 Å². The third-order valence-electron chi connectivity index (χ3n) is 3.73. The van der Waals surface area contributed by atoms with Gasteiger partial charge in [0.2, 0.25) is 0 Å². The maximum atomic E-state index is 12.3. The van der Waals surface area contributed by atoms with E-state index in [0.29, 0.717) is 0 Å². The molecule has 0 N–H and O–H groups in total. The number of nitrogens with zero attached hydrogens (tertiary/aromatic N) is 2. The molecule has 1 atom stereocenters. The number of aromatic nitrogens is 2. The Morgan fingerprint density at radius 3 is 2.64 bits per heavy atom. The highest BCUT2D eigenvalue weighted by Crippen LogP contribution is 2.39. The molecule has 1 heterocycles. The Kier molecular flexibility index (Phi) is 4.01.